The molecule has 0 saturated carbocycles. The molecule has 0 rings (SSSR count). The van der Waals surface area contributed by atoms with Crippen LogP contribution in [-0.4, -0.2) is 75.6 Å². The molecular weight excluding hydrogens is 878 g/mol. The van der Waals surface area contributed by atoms with E-state index in [1.54, 1.807) is 0 Å². The van der Waals surface area contributed by atoms with Gasteiger partial charge in [-0.25, -0.2) is 4.57 Å². The van der Waals surface area contributed by atoms with E-state index in [0.29, 0.717) is 24.1 Å². The van der Waals surface area contributed by atoms with Gasteiger partial charge < -0.3 is 18.9 Å². The molecule has 9 heteroatoms. The number of carbonyl (C=O) groups excluding carboxylic acids is 1. The van der Waals surface area contributed by atoms with Gasteiger partial charge in [-0.1, -0.05) is 213 Å². The molecule has 396 valence electrons. The fraction of sp³-hybridized carbons (Fsp3) is 0.683. The van der Waals surface area contributed by atoms with Crippen LogP contribution >= 0.6 is 7.82 Å². The molecule has 0 aromatic heterocycles. The van der Waals surface area contributed by atoms with Crippen molar-refractivity contribution in [3.05, 3.63) is 109 Å². The normalized spacial score (nSPS) is 14.3. The number of allylic oxidation sites excluding steroid dienone is 18. The summed E-state index contributed by atoms with van der Waals surface area (Å²) in [7, 11) is 1.64. The van der Waals surface area contributed by atoms with Crippen LogP contribution < -0.4 is 0 Å². The highest BCUT2D eigenvalue weighted by Gasteiger charge is 2.26. The van der Waals surface area contributed by atoms with Crippen LogP contribution in [0.2, 0.25) is 0 Å². The van der Waals surface area contributed by atoms with Gasteiger partial charge in [0.1, 0.15) is 19.3 Å². The van der Waals surface area contributed by atoms with Gasteiger partial charge in [0.15, 0.2) is 0 Å². The van der Waals surface area contributed by atoms with Gasteiger partial charge >= 0.3 is 13.8 Å². The van der Waals surface area contributed by atoms with Crippen LogP contribution in [-0.2, 0) is 27.9 Å². The van der Waals surface area contributed by atoms with Gasteiger partial charge in [0.2, 0.25) is 0 Å². The molecule has 0 bridgehead atoms. The Morgan fingerprint density at radius 1 is 0.449 bits per heavy atom. The van der Waals surface area contributed by atoms with Gasteiger partial charge in [-0.3, -0.25) is 13.8 Å². The number of ether oxygens (including phenoxy) is 2. The Kier molecular flexibility index (Phi) is 49.4. The third kappa shape index (κ3) is 56.0. The average molecular weight is 983 g/mol. The number of unbranched alkanes of at least 4 members (excludes halogenated alkanes) is 18. The molecule has 0 aromatic carbocycles. The zero-order valence-electron chi connectivity index (χ0n) is 45.0. The summed E-state index contributed by atoms with van der Waals surface area (Å²) in [5, 5.41) is 0. The Balaban J connectivity index is 4.16. The molecule has 1 N–H and O–H groups in total. The molecule has 0 aliphatic rings. The standard InChI is InChI=1S/C60H104NO7P/c1-6-8-10-12-14-16-18-20-22-24-26-28-30-32-34-36-38-40-42-44-46-48-50-52-55-65-57-59(58-67-69(63,64)66-56-54-61(3,4)5)68-60(62)53-51-49-47-45-43-41-39-37-35-33-31-29-27-25-23-21-19-17-15-13-11-9-7-2/h8-11,14-17,20-23,26-29,33,35,59H,6-7,12-13,18-19,24-25,30-32,34,36-58H2,1-5H3/p+1/b10-8-,11-9-,16-14-,17-15-,22-20-,23-21-,28-26-,29-27-,35-33-. The van der Waals surface area contributed by atoms with Crippen LogP contribution in [0.3, 0.4) is 0 Å². The van der Waals surface area contributed by atoms with Crippen molar-refractivity contribution >= 4 is 13.8 Å². The lowest BCUT2D eigenvalue weighted by Crippen LogP contribution is -2.37. The number of rotatable bonds is 50. The quantitative estimate of drug-likeness (QED) is 0.0213. The number of hydrogen-bond acceptors (Lipinski definition) is 6. The lowest BCUT2D eigenvalue weighted by atomic mass is 10.1. The molecule has 8 nitrogen and oxygen atoms in total. The monoisotopic (exact) mass is 983 g/mol. The molecule has 0 heterocycles. The molecular formula is C60H105NO7P+. The number of carbonyl (C=O) groups is 1. The Labute approximate surface area is 425 Å². The van der Waals surface area contributed by atoms with Crippen LogP contribution in [0.15, 0.2) is 109 Å². The van der Waals surface area contributed by atoms with Gasteiger partial charge in [-0.15, -0.1) is 0 Å². The van der Waals surface area contributed by atoms with E-state index >= 15 is 0 Å². The van der Waals surface area contributed by atoms with Crippen molar-refractivity contribution in [1.29, 1.82) is 0 Å². The lowest BCUT2D eigenvalue weighted by Gasteiger charge is -2.24. The first-order valence-electron chi connectivity index (χ1n) is 27.6. The van der Waals surface area contributed by atoms with Crippen molar-refractivity contribution < 1.29 is 37.3 Å². The van der Waals surface area contributed by atoms with E-state index < -0.39 is 13.9 Å². The third-order valence-electron chi connectivity index (χ3n) is 11.3. The van der Waals surface area contributed by atoms with E-state index in [1.165, 1.54) is 89.9 Å². The van der Waals surface area contributed by atoms with Crippen molar-refractivity contribution in [1.82, 2.24) is 0 Å². The zero-order chi connectivity index (χ0) is 50.5. The Morgan fingerprint density at radius 3 is 1.19 bits per heavy atom. The number of phosphoric acid groups is 1. The summed E-state index contributed by atoms with van der Waals surface area (Å²) in [4.78, 5) is 23.1. The van der Waals surface area contributed by atoms with Crippen LogP contribution in [0.25, 0.3) is 0 Å². The van der Waals surface area contributed by atoms with Gasteiger partial charge in [0.05, 0.1) is 34.4 Å². The molecule has 0 aromatic rings. The number of hydrogen-bond donors (Lipinski definition) is 1. The summed E-state index contributed by atoms with van der Waals surface area (Å²) in [5.41, 5.74) is 0. The smallest absolute Gasteiger partial charge is 0.457 e. The number of phosphoric ester groups is 1. The fourth-order valence-corrected chi connectivity index (χ4v) is 7.90. The minimum absolute atomic E-state index is 0.0797. The molecule has 0 aliphatic heterocycles. The average Bonchev–Trinajstić information content (AvgIpc) is 3.31. The maximum absolute atomic E-state index is 12.8. The van der Waals surface area contributed by atoms with E-state index in [0.717, 1.165) is 96.3 Å². The topological polar surface area (TPSA) is 91.3 Å². The van der Waals surface area contributed by atoms with Crippen LogP contribution in [0, 0.1) is 0 Å². The van der Waals surface area contributed by atoms with Gasteiger partial charge in [0, 0.05) is 13.0 Å². The van der Waals surface area contributed by atoms with E-state index in [-0.39, 0.29) is 25.8 Å². The van der Waals surface area contributed by atoms with Crippen molar-refractivity contribution in [3.63, 3.8) is 0 Å². The Morgan fingerprint density at radius 2 is 0.797 bits per heavy atom. The van der Waals surface area contributed by atoms with E-state index in [1.807, 2.05) is 21.1 Å². The predicted octanol–water partition coefficient (Wildman–Crippen LogP) is 17.5. The van der Waals surface area contributed by atoms with E-state index in [9.17, 15) is 14.3 Å². The van der Waals surface area contributed by atoms with Crippen LogP contribution in [0.5, 0.6) is 0 Å². The third-order valence-corrected chi connectivity index (χ3v) is 12.3. The second kappa shape index (κ2) is 51.5. The molecule has 0 fully saturated rings. The predicted molar refractivity (Wildman–Crippen MR) is 297 cm³/mol. The van der Waals surface area contributed by atoms with E-state index in [4.69, 9.17) is 18.5 Å². The second-order valence-electron chi connectivity index (χ2n) is 19.2. The molecule has 0 spiro atoms. The second-order valence-corrected chi connectivity index (χ2v) is 20.7. The Hall–Kier alpha value is -2.84. The summed E-state index contributed by atoms with van der Waals surface area (Å²) >= 11 is 0. The van der Waals surface area contributed by atoms with Crippen molar-refractivity contribution in [2.45, 2.75) is 213 Å². The molecule has 69 heavy (non-hydrogen) atoms. The summed E-state index contributed by atoms with van der Waals surface area (Å²) in [5.74, 6) is -0.329. The van der Waals surface area contributed by atoms with Crippen molar-refractivity contribution in [3.8, 4) is 0 Å². The molecule has 2 unspecified atom stereocenters. The molecule has 0 saturated heterocycles. The molecule has 0 aliphatic carbocycles. The highest BCUT2D eigenvalue weighted by molar-refractivity contribution is 7.47. The number of esters is 1. The SMILES string of the molecule is CC/C=C\C/C=C\C/C=C\C/C=C\C/C=C\CCCCCCCCCC(=O)OC(COCCCCCCCCCCCCC/C=C\C/C=C\C/C=C\C/C=C\CC)COP(=O)(O)OCC[N+](C)(C)C. The highest BCUT2D eigenvalue weighted by Crippen LogP contribution is 2.43. The minimum atomic E-state index is -4.30. The number of nitrogens with zero attached hydrogens (tertiary/aromatic N) is 1. The maximum Gasteiger partial charge on any atom is 0.472 e. The fourth-order valence-electron chi connectivity index (χ4n) is 7.16. The summed E-state index contributed by atoms with van der Waals surface area (Å²) in [6.45, 7) is 5.37. The first kappa shape index (κ1) is 66.2. The zero-order valence-corrected chi connectivity index (χ0v) is 45.9. The number of quaternary nitrogens is 1. The van der Waals surface area contributed by atoms with Gasteiger partial charge in [0.25, 0.3) is 0 Å². The lowest BCUT2D eigenvalue weighted by molar-refractivity contribution is -0.870. The van der Waals surface area contributed by atoms with Crippen LogP contribution in [0.4, 0.5) is 0 Å². The molecule has 2 atom stereocenters. The van der Waals surface area contributed by atoms with Gasteiger partial charge in [-0.2, -0.15) is 0 Å². The van der Waals surface area contributed by atoms with Crippen LogP contribution in [0.1, 0.15) is 206 Å². The summed E-state index contributed by atoms with van der Waals surface area (Å²) in [6, 6.07) is 0. The molecule has 0 amide bonds. The number of likely N-dealkylation sites (N-methyl/N-ethyl adjacent to an activating group) is 1. The van der Waals surface area contributed by atoms with Crippen molar-refractivity contribution in [2.75, 3.05) is 54.1 Å². The maximum atomic E-state index is 12.8. The molecule has 0 radical (unpaired) electrons. The minimum Gasteiger partial charge on any atom is -0.457 e. The first-order valence-corrected chi connectivity index (χ1v) is 29.1. The van der Waals surface area contributed by atoms with E-state index in [2.05, 4.69) is 123 Å². The summed E-state index contributed by atoms with van der Waals surface area (Å²) < 4.78 is 35.2. The largest absolute Gasteiger partial charge is 0.472 e. The first-order chi connectivity index (χ1) is 33.6. The van der Waals surface area contributed by atoms with Crippen molar-refractivity contribution in [2.24, 2.45) is 0 Å². The summed E-state index contributed by atoms with van der Waals surface area (Å²) in [6.07, 6.45) is 72.8. The highest BCUT2D eigenvalue weighted by atomic mass is 31.2. The Bertz CT molecular complexity index is 1470. The van der Waals surface area contributed by atoms with Gasteiger partial charge in [-0.05, 0) is 96.3 Å².